The first kappa shape index (κ1) is 55.2. The van der Waals surface area contributed by atoms with Gasteiger partial charge in [-0.25, -0.2) is 0 Å². The predicted molar refractivity (Wildman–Crippen MR) is 345 cm³/mol. The lowest BCUT2D eigenvalue weighted by Crippen LogP contribution is -2.17. The van der Waals surface area contributed by atoms with Crippen LogP contribution in [0.1, 0.15) is 88.9 Å². The molecule has 394 valence electrons. The molecule has 1 nitrogen and oxygen atoms in total. The lowest BCUT2D eigenvalue weighted by Gasteiger charge is -2.31. The van der Waals surface area contributed by atoms with E-state index >= 15 is 0 Å². The third kappa shape index (κ3) is 11.6. The first-order valence-corrected chi connectivity index (χ1v) is 28.2. The standard InChI is InChI=1S/C47H41N.C15H16.C14H14.C2H6/c1-30-20-24-41-42(26-30)47(5,6)43-29-45(39-18-12-13-19-40(39)46(41)43)48(44-28-35(22-21-32(44)3)34-15-8-7-9-16-34)36-23-25-38(33(4)27-36)37-17-11-10-14-31(37)2;1-11-8-9-15(13(3)10-11)14-7-5-4-6-12(14)2;1-11-8-9-14(10-12(11)2)13-6-4-3-5-7-13;1-2/h7-29H,1-6H3;4-10H,1-3H3;3-10H,1-2H3;1-2H3. The Morgan fingerprint density at radius 3 is 1.30 bits per heavy atom. The fourth-order valence-electron chi connectivity index (χ4n) is 11.4. The summed E-state index contributed by atoms with van der Waals surface area (Å²) in [5.41, 5.74) is 31.0. The van der Waals surface area contributed by atoms with Crippen molar-refractivity contribution in [2.45, 2.75) is 95.4 Å². The van der Waals surface area contributed by atoms with E-state index in [9.17, 15) is 0 Å². The molecule has 0 amide bonds. The Bertz CT molecular complexity index is 3930. The van der Waals surface area contributed by atoms with Crippen molar-refractivity contribution in [1.82, 2.24) is 0 Å². The Morgan fingerprint density at radius 2 is 0.747 bits per heavy atom. The zero-order chi connectivity index (χ0) is 56.0. The molecule has 0 radical (unpaired) electrons. The molecule has 0 spiro atoms. The van der Waals surface area contributed by atoms with Crippen molar-refractivity contribution in [3.05, 3.63) is 292 Å². The molecule has 0 bridgehead atoms. The highest BCUT2D eigenvalue weighted by molar-refractivity contribution is 6.10. The van der Waals surface area contributed by atoms with Gasteiger partial charge in [-0.2, -0.15) is 0 Å². The van der Waals surface area contributed by atoms with Gasteiger partial charge in [-0.15, -0.1) is 0 Å². The number of aryl methyl sites for hydroxylation is 9. The van der Waals surface area contributed by atoms with Crippen LogP contribution in [0.25, 0.3) is 66.4 Å². The first-order chi connectivity index (χ1) is 38.2. The van der Waals surface area contributed by atoms with E-state index < -0.39 is 0 Å². The van der Waals surface area contributed by atoms with Crippen LogP contribution in [0.5, 0.6) is 0 Å². The van der Waals surface area contributed by atoms with E-state index in [4.69, 9.17) is 0 Å². The van der Waals surface area contributed by atoms with Crippen LogP contribution in [0.2, 0.25) is 0 Å². The third-order valence-electron chi connectivity index (χ3n) is 15.9. The van der Waals surface area contributed by atoms with Gasteiger partial charge in [-0.1, -0.05) is 245 Å². The molecule has 0 heterocycles. The van der Waals surface area contributed by atoms with Crippen LogP contribution in [0.4, 0.5) is 17.1 Å². The van der Waals surface area contributed by atoms with E-state index in [0.717, 1.165) is 5.69 Å². The molecule has 0 saturated carbocycles. The Hall–Kier alpha value is -8.52. The van der Waals surface area contributed by atoms with Crippen molar-refractivity contribution in [2.75, 3.05) is 4.90 Å². The Labute approximate surface area is 473 Å². The largest absolute Gasteiger partial charge is 0.310 e. The van der Waals surface area contributed by atoms with E-state index in [0.29, 0.717) is 0 Å². The van der Waals surface area contributed by atoms with E-state index in [1.165, 1.54) is 139 Å². The van der Waals surface area contributed by atoms with Crippen LogP contribution in [0.3, 0.4) is 0 Å². The van der Waals surface area contributed by atoms with Crippen molar-refractivity contribution in [3.8, 4) is 55.6 Å². The highest BCUT2D eigenvalue weighted by Gasteiger charge is 2.38. The number of hydrogen-bond donors (Lipinski definition) is 0. The summed E-state index contributed by atoms with van der Waals surface area (Å²) < 4.78 is 0. The molecule has 1 aliphatic carbocycles. The van der Waals surface area contributed by atoms with Gasteiger partial charge in [0.2, 0.25) is 0 Å². The molecule has 1 aliphatic rings. The number of hydrogen-bond acceptors (Lipinski definition) is 1. The number of fused-ring (bicyclic) bond motifs is 5. The zero-order valence-electron chi connectivity index (χ0n) is 48.9. The van der Waals surface area contributed by atoms with Crippen LogP contribution in [0, 0.1) is 62.3 Å². The van der Waals surface area contributed by atoms with Gasteiger partial charge in [-0.3, -0.25) is 0 Å². The minimum absolute atomic E-state index is 0.132. The SMILES string of the molecule is CC.Cc1ccc(-c2ccccc2)cc1C.Cc1ccc(-c2ccccc2C)c(C)c1.Cc1ccc2c(c1)C(C)(C)c1cc(N(c3ccc(-c4ccccc4C)c(C)c3)c3cc(-c4ccccc4)ccc3C)c3ccccc3c1-2. The normalized spacial score (nSPS) is 11.7. The molecule has 11 aromatic rings. The summed E-state index contributed by atoms with van der Waals surface area (Å²) >= 11 is 0. The van der Waals surface area contributed by atoms with Crippen molar-refractivity contribution in [1.29, 1.82) is 0 Å². The number of nitrogens with zero attached hydrogens (tertiary/aromatic N) is 1. The Morgan fingerprint density at radius 1 is 0.278 bits per heavy atom. The molecule has 11 aromatic carbocycles. The van der Waals surface area contributed by atoms with Crippen molar-refractivity contribution >= 4 is 27.8 Å². The fraction of sp³-hybridized carbons (Fsp3) is 0.179. The molecule has 0 fully saturated rings. The zero-order valence-corrected chi connectivity index (χ0v) is 48.9. The minimum Gasteiger partial charge on any atom is -0.310 e. The summed E-state index contributed by atoms with van der Waals surface area (Å²) in [5.74, 6) is 0. The van der Waals surface area contributed by atoms with Gasteiger partial charge in [0, 0.05) is 22.2 Å². The second-order valence-electron chi connectivity index (χ2n) is 21.9. The highest BCUT2D eigenvalue weighted by atomic mass is 15.1. The number of anilines is 3. The van der Waals surface area contributed by atoms with Crippen molar-refractivity contribution < 1.29 is 0 Å². The average molecular weight is 1030 g/mol. The maximum Gasteiger partial charge on any atom is 0.0543 e. The highest BCUT2D eigenvalue weighted by Crippen LogP contribution is 2.55. The molecule has 0 aliphatic heterocycles. The smallest absolute Gasteiger partial charge is 0.0543 e. The summed E-state index contributed by atoms with van der Waals surface area (Å²) in [4.78, 5) is 2.52. The van der Waals surface area contributed by atoms with Gasteiger partial charge >= 0.3 is 0 Å². The lowest BCUT2D eigenvalue weighted by molar-refractivity contribution is 0.660. The average Bonchev–Trinajstić information content (AvgIpc) is 3.61. The predicted octanol–water partition coefficient (Wildman–Crippen LogP) is 22.5. The molecule has 79 heavy (non-hydrogen) atoms. The van der Waals surface area contributed by atoms with E-state index in [1.54, 1.807) is 0 Å². The molecule has 12 rings (SSSR count). The lowest BCUT2D eigenvalue weighted by atomic mass is 9.81. The molecule has 0 aromatic heterocycles. The van der Waals surface area contributed by atoms with Gasteiger partial charge < -0.3 is 4.90 Å². The summed E-state index contributed by atoms with van der Waals surface area (Å²) in [5, 5.41) is 2.56. The van der Waals surface area contributed by atoms with Crippen molar-refractivity contribution in [3.63, 3.8) is 0 Å². The summed E-state index contributed by atoms with van der Waals surface area (Å²) in [7, 11) is 0. The maximum absolute atomic E-state index is 2.52. The molecular formula is C78H77N. The van der Waals surface area contributed by atoms with Crippen LogP contribution < -0.4 is 4.90 Å². The number of benzene rings is 11. The van der Waals surface area contributed by atoms with Crippen LogP contribution in [-0.2, 0) is 5.41 Å². The maximum atomic E-state index is 2.52. The second kappa shape index (κ2) is 24.0. The topological polar surface area (TPSA) is 3.24 Å². The van der Waals surface area contributed by atoms with Crippen LogP contribution in [0.15, 0.2) is 231 Å². The molecule has 0 unspecified atom stereocenters. The van der Waals surface area contributed by atoms with Crippen LogP contribution >= 0.6 is 0 Å². The third-order valence-corrected chi connectivity index (χ3v) is 15.9. The number of rotatable bonds is 7. The molecular weight excluding hydrogens is 951 g/mol. The van der Waals surface area contributed by atoms with E-state index in [-0.39, 0.29) is 5.41 Å². The quantitative estimate of drug-likeness (QED) is 0.154. The van der Waals surface area contributed by atoms with Gasteiger partial charge in [0.1, 0.15) is 0 Å². The molecule has 1 heteroatoms. The van der Waals surface area contributed by atoms with Gasteiger partial charge in [0.05, 0.1) is 5.69 Å². The van der Waals surface area contributed by atoms with Gasteiger partial charge in [0.15, 0.2) is 0 Å². The van der Waals surface area contributed by atoms with Crippen molar-refractivity contribution in [2.24, 2.45) is 0 Å². The first-order valence-electron chi connectivity index (χ1n) is 28.2. The van der Waals surface area contributed by atoms with Crippen LogP contribution in [-0.4, -0.2) is 0 Å². The Kier molecular flexibility index (Phi) is 16.8. The second-order valence-corrected chi connectivity index (χ2v) is 21.9. The summed E-state index contributed by atoms with van der Waals surface area (Å²) in [6.45, 7) is 28.4. The minimum atomic E-state index is -0.132. The molecule has 0 saturated heterocycles. The monoisotopic (exact) mass is 1030 g/mol. The molecule has 0 N–H and O–H groups in total. The van der Waals surface area contributed by atoms with Gasteiger partial charge in [0.25, 0.3) is 0 Å². The van der Waals surface area contributed by atoms with E-state index in [1.807, 2.05) is 19.9 Å². The Balaban J connectivity index is 0.000000197. The fourth-order valence-corrected chi connectivity index (χ4v) is 11.4. The van der Waals surface area contributed by atoms with E-state index in [2.05, 4.69) is 306 Å². The molecule has 0 atom stereocenters. The van der Waals surface area contributed by atoms with Gasteiger partial charge in [-0.05, 0) is 198 Å². The summed E-state index contributed by atoms with van der Waals surface area (Å²) in [6, 6.07) is 84.1. The summed E-state index contributed by atoms with van der Waals surface area (Å²) in [6.07, 6.45) is 0.